The first-order valence-electron chi connectivity index (χ1n) is 4.58. The highest BCUT2D eigenvalue weighted by atomic mass is 79.9. The van der Waals surface area contributed by atoms with Crippen LogP contribution in [0.25, 0.3) is 0 Å². The number of aromatic nitrogens is 1. The van der Waals surface area contributed by atoms with Gasteiger partial charge in [-0.05, 0) is 50.1 Å². The fourth-order valence-corrected chi connectivity index (χ4v) is 2.55. The molecule has 0 aliphatic rings. The first-order valence-corrected chi connectivity index (χ1v) is 6.55. The fourth-order valence-electron chi connectivity index (χ4n) is 1.29. The Bertz CT molecular complexity index is 540. The van der Waals surface area contributed by atoms with Crippen molar-refractivity contribution in [3.8, 4) is 0 Å². The number of rotatable bonds is 2. The number of benzene rings is 1. The maximum absolute atomic E-state index is 13.0. The molecule has 0 bridgehead atoms. The summed E-state index contributed by atoms with van der Waals surface area (Å²) in [6, 6.07) is 4.44. The first-order chi connectivity index (χ1) is 8.06. The average Bonchev–Trinajstić information content (AvgIpc) is 2.23. The molecule has 88 valence electrons. The van der Waals surface area contributed by atoms with E-state index in [0.717, 1.165) is 10.2 Å². The molecule has 2 aromatic rings. The predicted molar refractivity (Wildman–Crippen MR) is 74.3 cm³/mol. The zero-order valence-electron chi connectivity index (χ0n) is 8.35. The van der Waals surface area contributed by atoms with Crippen LogP contribution in [0.4, 0.5) is 15.8 Å². The van der Waals surface area contributed by atoms with Gasteiger partial charge in [0.1, 0.15) is 5.82 Å². The van der Waals surface area contributed by atoms with Gasteiger partial charge in [-0.25, -0.2) is 4.39 Å². The topological polar surface area (TPSA) is 24.9 Å². The van der Waals surface area contributed by atoms with E-state index in [9.17, 15) is 4.39 Å². The van der Waals surface area contributed by atoms with Gasteiger partial charge in [-0.15, -0.1) is 0 Å². The highest BCUT2D eigenvalue weighted by Gasteiger charge is 2.08. The van der Waals surface area contributed by atoms with Crippen molar-refractivity contribution in [2.24, 2.45) is 0 Å². The zero-order valence-corrected chi connectivity index (χ0v) is 12.3. The quantitative estimate of drug-likeness (QED) is 0.780. The molecular weight excluding hydrogens is 374 g/mol. The Morgan fingerprint density at radius 1 is 1.18 bits per heavy atom. The van der Waals surface area contributed by atoms with Crippen molar-refractivity contribution in [3.63, 3.8) is 0 Å². The first kappa shape index (κ1) is 12.8. The Kier molecular flexibility index (Phi) is 4.01. The van der Waals surface area contributed by atoms with Crippen molar-refractivity contribution < 1.29 is 4.39 Å². The van der Waals surface area contributed by atoms with Gasteiger partial charge in [0.05, 0.1) is 22.6 Å². The van der Waals surface area contributed by atoms with Crippen LogP contribution in [0.5, 0.6) is 0 Å². The average molecular weight is 380 g/mol. The van der Waals surface area contributed by atoms with Gasteiger partial charge in [0.2, 0.25) is 0 Å². The number of nitrogens with one attached hydrogen (secondary N) is 1. The van der Waals surface area contributed by atoms with Crippen LogP contribution in [0.3, 0.4) is 0 Å². The van der Waals surface area contributed by atoms with Crippen molar-refractivity contribution in [1.82, 2.24) is 4.98 Å². The molecule has 0 aliphatic carbocycles. The SMILES string of the molecule is Fc1cc(Cl)c(Nc2cncc(Br)c2)c(Br)c1. The molecule has 0 saturated heterocycles. The molecule has 0 spiro atoms. The van der Waals surface area contributed by atoms with Crippen molar-refractivity contribution in [3.05, 3.63) is 50.4 Å². The van der Waals surface area contributed by atoms with Gasteiger partial charge >= 0.3 is 0 Å². The van der Waals surface area contributed by atoms with Crippen molar-refractivity contribution in [2.45, 2.75) is 0 Å². The number of nitrogens with zero attached hydrogens (tertiary/aromatic N) is 1. The van der Waals surface area contributed by atoms with E-state index in [1.807, 2.05) is 6.07 Å². The summed E-state index contributed by atoms with van der Waals surface area (Å²) in [6.45, 7) is 0. The molecule has 0 atom stereocenters. The van der Waals surface area contributed by atoms with Crippen LogP contribution in [0.2, 0.25) is 5.02 Å². The lowest BCUT2D eigenvalue weighted by atomic mass is 10.3. The van der Waals surface area contributed by atoms with Crippen LogP contribution >= 0.6 is 43.5 Å². The van der Waals surface area contributed by atoms with E-state index < -0.39 is 0 Å². The molecule has 6 heteroatoms. The summed E-state index contributed by atoms with van der Waals surface area (Å²) in [5.41, 5.74) is 1.36. The Balaban J connectivity index is 2.36. The van der Waals surface area contributed by atoms with Crippen molar-refractivity contribution >= 4 is 54.8 Å². The van der Waals surface area contributed by atoms with Gasteiger partial charge in [-0.1, -0.05) is 11.6 Å². The zero-order chi connectivity index (χ0) is 12.4. The molecular formula is C11H6Br2ClFN2. The smallest absolute Gasteiger partial charge is 0.125 e. The summed E-state index contributed by atoms with van der Waals surface area (Å²) >= 11 is 12.5. The van der Waals surface area contributed by atoms with Crippen molar-refractivity contribution in [1.29, 1.82) is 0 Å². The summed E-state index contributed by atoms with van der Waals surface area (Å²) in [4.78, 5) is 4.02. The molecule has 1 aromatic carbocycles. The molecule has 2 nitrogen and oxygen atoms in total. The van der Waals surface area contributed by atoms with Gasteiger partial charge in [0.15, 0.2) is 0 Å². The second-order valence-corrected chi connectivity index (χ2v) is 5.44. The molecule has 0 saturated carbocycles. The Hall–Kier alpha value is -0.650. The van der Waals surface area contributed by atoms with Gasteiger partial charge in [-0.3, -0.25) is 4.98 Å². The van der Waals surface area contributed by atoms with Crippen LogP contribution in [0.15, 0.2) is 39.5 Å². The minimum Gasteiger partial charge on any atom is -0.352 e. The summed E-state index contributed by atoms with van der Waals surface area (Å²) in [5.74, 6) is -0.389. The van der Waals surface area contributed by atoms with E-state index >= 15 is 0 Å². The van der Waals surface area contributed by atoms with E-state index in [1.54, 1.807) is 12.4 Å². The number of halogens is 4. The summed E-state index contributed by atoms with van der Waals surface area (Å²) in [7, 11) is 0. The molecule has 0 unspecified atom stereocenters. The second kappa shape index (κ2) is 5.33. The molecule has 0 fully saturated rings. The summed E-state index contributed by atoms with van der Waals surface area (Å²) < 4.78 is 14.5. The molecule has 1 aromatic heterocycles. The van der Waals surface area contributed by atoms with E-state index in [0.29, 0.717) is 15.2 Å². The van der Waals surface area contributed by atoms with Crippen LogP contribution in [-0.4, -0.2) is 4.98 Å². The monoisotopic (exact) mass is 378 g/mol. The van der Waals surface area contributed by atoms with Crippen LogP contribution in [0, 0.1) is 5.82 Å². The predicted octanol–water partition coefficient (Wildman–Crippen LogP) is 5.14. The Morgan fingerprint density at radius 2 is 1.94 bits per heavy atom. The molecule has 17 heavy (non-hydrogen) atoms. The van der Waals surface area contributed by atoms with Gasteiger partial charge in [0, 0.05) is 15.1 Å². The molecule has 2 rings (SSSR count). The van der Waals surface area contributed by atoms with E-state index in [4.69, 9.17) is 11.6 Å². The number of anilines is 2. The Labute approximate surface area is 119 Å². The standard InChI is InChI=1S/C11H6Br2ClFN2/c12-6-1-8(5-16-4-6)17-11-9(13)2-7(15)3-10(11)14/h1-5,17H. The lowest BCUT2D eigenvalue weighted by molar-refractivity contribution is 0.627. The maximum Gasteiger partial charge on any atom is 0.125 e. The lowest BCUT2D eigenvalue weighted by Crippen LogP contribution is -1.94. The highest BCUT2D eigenvalue weighted by molar-refractivity contribution is 9.10. The third kappa shape index (κ3) is 3.18. The van der Waals surface area contributed by atoms with E-state index in [-0.39, 0.29) is 5.82 Å². The van der Waals surface area contributed by atoms with Gasteiger partial charge < -0.3 is 5.32 Å². The molecule has 0 aliphatic heterocycles. The third-order valence-corrected chi connectivity index (χ3v) is 3.34. The van der Waals surface area contributed by atoms with Crippen molar-refractivity contribution in [2.75, 3.05) is 5.32 Å². The maximum atomic E-state index is 13.0. The second-order valence-electron chi connectivity index (χ2n) is 3.26. The minimum atomic E-state index is -0.389. The van der Waals surface area contributed by atoms with E-state index in [2.05, 4.69) is 42.2 Å². The molecule has 1 N–H and O–H groups in total. The van der Waals surface area contributed by atoms with Gasteiger partial charge in [-0.2, -0.15) is 0 Å². The lowest BCUT2D eigenvalue weighted by Gasteiger charge is -2.10. The normalized spacial score (nSPS) is 10.4. The largest absolute Gasteiger partial charge is 0.352 e. The minimum absolute atomic E-state index is 0.303. The summed E-state index contributed by atoms with van der Waals surface area (Å²) in [5, 5.41) is 3.37. The molecule has 0 amide bonds. The molecule has 0 radical (unpaired) electrons. The number of pyridine rings is 1. The highest BCUT2D eigenvalue weighted by Crippen LogP contribution is 2.34. The van der Waals surface area contributed by atoms with E-state index in [1.165, 1.54) is 12.1 Å². The number of hydrogen-bond acceptors (Lipinski definition) is 2. The number of hydrogen-bond donors (Lipinski definition) is 1. The summed E-state index contributed by atoms with van der Waals surface area (Å²) in [6.07, 6.45) is 3.32. The van der Waals surface area contributed by atoms with Crippen LogP contribution < -0.4 is 5.32 Å². The third-order valence-electron chi connectivity index (χ3n) is 1.98. The molecule has 1 heterocycles. The fraction of sp³-hybridized carbons (Fsp3) is 0. The van der Waals surface area contributed by atoms with Crippen LogP contribution in [0.1, 0.15) is 0 Å². The van der Waals surface area contributed by atoms with Crippen LogP contribution in [-0.2, 0) is 0 Å². The van der Waals surface area contributed by atoms with Gasteiger partial charge in [0.25, 0.3) is 0 Å². The Morgan fingerprint density at radius 3 is 2.59 bits per heavy atom.